The number of β-amino-alcohol motifs (C(OH)–C–C–N with tert-alkyl or cyclic N) is 1. The first kappa shape index (κ1) is 17.0. The molecule has 1 atom stereocenters. The van der Waals surface area contributed by atoms with Crippen molar-refractivity contribution in [2.24, 2.45) is 0 Å². The van der Waals surface area contributed by atoms with E-state index >= 15 is 0 Å². The van der Waals surface area contributed by atoms with Gasteiger partial charge in [0.1, 0.15) is 0 Å². The van der Waals surface area contributed by atoms with E-state index in [0.29, 0.717) is 31.7 Å². The number of aromatic nitrogens is 3. The second-order valence-electron chi connectivity index (χ2n) is 8.11. The standard InChI is InChI=1S/C18H29N5O2/c24-17(23(16-6-7-16)15-4-1-2-5-15)12-21-10-3-8-18(25,13-21)14-22-11-9-19-20-22/h9,11,15-16,25H,1-8,10,12-14H2. The average Bonchev–Trinajstić information content (AvgIpc) is 3.03. The van der Waals surface area contributed by atoms with Crippen LogP contribution in [0.4, 0.5) is 0 Å². The maximum absolute atomic E-state index is 13.0. The lowest BCUT2D eigenvalue weighted by Gasteiger charge is -2.40. The normalized spacial score (nSPS) is 28.4. The van der Waals surface area contributed by atoms with Gasteiger partial charge in [-0.15, -0.1) is 5.10 Å². The third kappa shape index (κ3) is 4.03. The molecule has 1 saturated heterocycles. The van der Waals surface area contributed by atoms with Crippen LogP contribution in [0, 0.1) is 0 Å². The van der Waals surface area contributed by atoms with Gasteiger partial charge in [-0.3, -0.25) is 9.69 Å². The molecule has 0 radical (unpaired) electrons. The minimum Gasteiger partial charge on any atom is -0.387 e. The molecule has 2 saturated carbocycles. The van der Waals surface area contributed by atoms with E-state index in [0.717, 1.165) is 19.4 Å². The molecular formula is C18H29N5O2. The van der Waals surface area contributed by atoms with Gasteiger partial charge in [0.2, 0.25) is 5.91 Å². The number of hydrogen-bond donors (Lipinski definition) is 1. The zero-order chi connectivity index (χ0) is 17.3. The smallest absolute Gasteiger partial charge is 0.237 e. The quantitative estimate of drug-likeness (QED) is 0.832. The molecule has 3 fully saturated rings. The number of nitrogens with zero attached hydrogens (tertiary/aromatic N) is 5. The lowest BCUT2D eigenvalue weighted by atomic mass is 9.92. The second kappa shape index (κ2) is 7.03. The van der Waals surface area contributed by atoms with Crippen LogP contribution >= 0.6 is 0 Å². The molecule has 1 aromatic rings. The number of amides is 1. The number of likely N-dealkylation sites (tertiary alicyclic amines) is 1. The van der Waals surface area contributed by atoms with Crippen molar-refractivity contribution in [3.63, 3.8) is 0 Å². The summed E-state index contributed by atoms with van der Waals surface area (Å²) in [4.78, 5) is 17.3. The van der Waals surface area contributed by atoms with Crippen molar-refractivity contribution >= 4 is 5.91 Å². The molecule has 3 aliphatic rings. The Morgan fingerprint density at radius 2 is 1.96 bits per heavy atom. The first-order valence-electron chi connectivity index (χ1n) is 9.73. The molecule has 1 aromatic heterocycles. The number of hydrogen-bond acceptors (Lipinski definition) is 5. The maximum atomic E-state index is 13.0. The van der Waals surface area contributed by atoms with Crippen LogP contribution < -0.4 is 0 Å². The van der Waals surface area contributed by atoms with Crippen LogP contribution in [-0.2, 0) is 11.3 Å². The summed E-state index contributed by atoms with van der Waals surface area (Å²) >= 11 is 0. The van der Waals surface area contributed by atoms with Gasteiger partial charge in [-0.05, 0) is 45.1 Å². The van der Waals surface area contributed by atoms with E-state index < -0.39 is 5.60 Å². The minimum atomic E-state index is -0.829. The summed E-state index contributed by atoms with van der Waals surface area (Å²) in [7, 11) is 0. The third-order valence-corrected chi connectivity index (χ3v) is 5.87. The Morgan fingerprint density at radius 1 is 1.20 bits per heavy atom. The Labute approximate surface area is 149 Å². The van der Waals surface area contributed by atoms with Crippen LogP contribution in [0.15, 0.2) is 12.4 Å². The lowest BCUT2D eigenvalue weighted by molar-refractivity contribution is -0.137. The molecule has 1 N–H and O–H groups in total. The van der Waals surface area contributed by atoms with E-state index in [-0.39, 0.29) is 5.91 Å². The summed E-state index contributed by atoms with van der Waals surface area (Å²) in [6.45, 7) is 2.29. The Kier molecular flexibility index (Phi) is 4.78. The largest absolute Gasteiger partial charge is 0.387 e. The molecule has 1 unspecified atom stereocenters. The average molecular weight is 347 g/mol. The van der Waals surface area contributed by atoms with Gasteiger partial charge in [-0.25, -0.2) is 4.68 Å². The highest BCUT2D eigenvalue weighted by Crippen LogP contribution is 2.34. The number of carbonyl (C=O) groups excluding carboxylic acids is 1. The Bertz CT molecular complexity index is 582. The predicted molar refractivity (Wildman–Crippen MR) is 92.8 cm³/mol. The van der Waals surface area contributed by atoms with E-state index in [1.54, 1.807) is 17.1 Å². The van der Waals surface area contributed by atoms with Crippen molar-refractivity contribution in [3.8, 4) is 0 Å². The molecule has 4 rings (SSSR count). The van der Waals surface area contributed by atoms with Crippen molar-refractivity contribution in [2.45, 2.75) is 75.6 Å². The van der Waals surface area contributed by atoms with Gasteiger partial charge in [-0.1, -0.05) is 18.1 Å². The Balaban J connectivity index is 1.37. The van der Waals surface area contributed by atoms with Crippen molar-refractivity contribution < 1.29 is 9.90 Å². The van der Waals surface area contributed by atoms with Crippen molar-refractivity contribution in [1.29, 1.82) is 0 Å². The zero-order valence-electron chi connectivity index (χ0n) is 14.9. The van der Waals surface area contributed by atoms with Gasteiger partial charge in [0, 0.05) is 24.8 Å². The SMILES string of the molecule is O=C(CN1CCCC(O)(Cn2ccnn2)C1)N(C1CCCC1)C1CC1. The molecule has 0 spiro atoms. The Hall–Kier alpha value is -1.47. The first-order chi connectivity index (χ1) is 12.1. The molecule has 2 aliphatic carbocycles. The molecule has 7 nitrogen and oxygen atoms in total. The first-order valence-corrected chi connectivity index (χ1v) is 9.73. The fourth-order valence-electron chi connectivity index (χ4n) is 4.60. The maximum Gasteiger partial charge on any atom is 0.237 e. The van der Waals surface area contributed by atoms with E-state index in [9.17, 15) is 9.90 Å². The molecule has 1 aliphatic heterocycles. The highest BCUT2D eigenvalue weighted by Gasteiger charge is 2.40. The molecule has 1 amide bonds. The predicted octanol–water partition coefficient (Wildman–Crippen LogP) is 1.04. The minimum absolute atomic E-state index is 0.263. The van der Waals surface area contributed by atoms with E-state index in [2.05, 4.69) is 20.1 Å². The van der Waals surface area contributed by atoms with Crippen LogP contribution in [-0.4, -0.2) is 73.1 Å². The van der Waals surface area contributed by atoms with Crippen LogP contribution in [0.2, 0.25) is 0 Å². The molecule has 2 heterocycles. The van der Waals surface area contributed by atoms with E-state index in [1.807, 2.05) is 0 Å². The highest BCUT2D eigenvalue weighted by molar-refractivity contribution is 5.79. The van der Waals surface area contributed by atoms with Gasteiger partial charge >= 0.3 is 0 Å². The van der Waals surface area contributed by atoms with Gasteiger partial charge in [0.25, 0.3) is 0 Å². The molecule has 0 bridgehead atoms. The molecule has 138 valence electrons. The highest BCUT2D eigenvalue weighted by atomic mass is 16.3. The zero-order valence-corrected chi connectivity index (χ0v) is 14.9. The number of carbonyl (C=O) groups is 1. The summed E-state index contributed by atoms with van der Waals surface area (Å²) in [6, 6.07) is 0.938. The van der Waals surface area contributed by atoms with Crippen LogP contribution in [0.3, 0.4) is 0 Å². The number of aliphatic hydroxyl groups is 1. The van der Waals surface area contributed by atoms with Crippen LogP contribution in [0.1, 0.15) is 51.4 Å². The van der Waals surface area contributed by atoms with Gasteiger partial charge in [-0.2, -0.15) is 0 Å². The molecule has 0 aromatic carbocycles. The monoisotopic (exact) mass is 347 g/mol. The molecule has 7 heteroatoms. The lowest BCUT2D eigenvalue weighted by Crippen LogP contribution is -2.54. The third-order valence-electron chi connectivity index (χ3n) is 5.87. The summed E-state index contributed by atoms with van der Waals surface area (Å²) in [5.41, 5.74) is -0.829. The second-order valence-corrected chi connectivity index (χ2v) is 8.11. The van der Waals surface area contributed by atoms with Gasteiger partial charge in [0.05, 0.1) is 24.9 Å². The van der Waals surface area contributed by atoms with Crippen LogP contribution in [0.25, 0.3) is 0 Å². The van der Waals surface area contributed by atoms with E-state index in [1.165, 1.54) is 38.5 Å². The summed E-state index contributed by atoms with van der Waals surface area (Å²) in [6.07, 6.45) is 12.2. The fourth-order valence-corrected chi connectivity index (χ4v) is 4.60. The summed E-state index contributed by atoms with van der Waals surface area (Å²) in [5.74, 6) is 0.263. The molecule has 25 heavy (non-hydrogen) atoms. The summed E-state index contributed by atoms with van der Waals surface area (Å²) < 4.78 is 1.68. The van der Waals surface area contributed by atoms with Crippen molar-refractivity contribution in [3.05, 3.63) is 12.4 Å². The van der Waals surface area contributed by atoms with E-state index in [4.69, 9.17) is 0 Å². The number of piperidine rings is 1. The fraction of sp³-hybridized carbons (Fsp3) is 0.833. The topological polar surface area (TPSA) is 74.5 Å². The van der Waals surface area contributed by atoms with Crippen molar-refractivity contribution in [2.75, 3.05) is 19.6 Å². The molecular weight excluding hydrogens is 318 g/mol. The Morgan fingerprint density at radius 3 is 2.64 bits per heavy atom. The summed E-state index contributed by atoms with van der Waals surface area (Å²) in [5, 5.41) is 18.7. The van der Waals surface area contributed by atoms with Gasteiger partial charge < -0.3 is 10.0 Å². The van der Waals surface area contributed by atoms with Crippen molar-refractivity contribution in [1.82, 2.24) is 24.8 Å². The van der Waals surface area contributed by atoms with Gasteiger partial charge in [0.15, 0.2) is 0 Å². The van der Waals surface area contributed by atoms with Crippen LogP contribution in [0.5, 0.6) is 0 Å². The number of rotatable bonds is 6.